The predicted octanol–water partition coefficient (Wildman–Crippen LogP) is 2.27. The van der Waals surface area contributed by atoms with Crippen LogP contribution in [0.4, 0.5) is 0 Å². The number of benzene rings is 1. The molecule has 1 aromatic heterocycles. The zero-order chi connectivity index (χ0) is 21.2. The van der Waals surface area contributed by atoms with Gasteiger partial charge in [-0.15, -0.1) is 10.2 Å². The zero-order valence-electron chi connectivity index (χ0n) is 17.7. The van der Waals surface area contributed by atoms with Crippen molar-refractivity contribution >= 4 is 11.8 Å². The van der Waals surface area contributed by atoms with Crippen molar-refractivity contribution in [2.75, 3.05) is 19.7 Å². The molecule has 8 heteroatoms. The van der Waals surface area contributed by atoms with Crippen LogP contribution in [0.15, 0.2) is 24.3 Å². The minimum atomic E-state index is -0.284. The lowest BCUT2D eigenvalue weighted by atomic mass is 10.2. The van der Waals surface area contributed by atoms with Crippen molar-refractivity contribution in [3.63, 3.8) is 0 Å². The van der Waals surface area contributed by atoms with E-state index in [1.165, 1.54) is 6.42 Å². The maximum atomic E-state index is 12.2. The minimum Gasteiger partial charge on any atom is -0.494 e. The van der Waals surface area contributed by atoms with E-state index in [1.54, 1.807) is 24.3 Å². The lowest BCUT2D eigenvalue weighted by molar-refractivity contribution is -0.120. The van der Waals surface area contributed by atoms with Gasteiger partial charge in [0.05, 0.1) is 13.2 Å². The summed E-state index contributed by atoms with van der Waals surface area (Å²) >= 11 is 0. The summed E-state index contributed by atoms with van der Waals surface area (Å²) in [6.07, 6.45) is 7.18. The van der Waals surface area contributed by atoms with Gasteiger partial charge in [-0.3, -0.25) is 9.59 Å². The Kier molecular flexibility index (Phi) is 8.23. The Morgan fingerprint density at radius 2 is 1.93 bits per heavy atom. The summed E-state index contributed by atoms with van der Waals surface area (Å²) in [6, 6.07) is 6.94. The molecule has 0 radical (unpaired) electrons. The molecule has 0 saturated heterocycles. The van der Waals surface area contributed by atoms with Crippen LogP contribution < -0.4 is 15.4 Å². The lowest BCUT2D eigenvalue weighted by Gasteiger charge is -2.09. The predicted molar refractivity (Wildman–Crippen MR) is 113 cm³/mol. The highest BCUT2D eigenvalue weighted by Gasteiger charge is 2.14. The van der Waals surface area contributed by atoms with Crippen LogP contribution in [-0.2, 0) is 24.2 Å². The van der Waals surface area contributed by atoms with Gasteiger partial charge in [0.2, 0.25) is 5.91 Å². The topological polar surface area (TPSA) is 98.1 Å². The van der Waals surface area contributed by atoms with Gasteiger partial charge < -0.3 is 19.9 Å². The number of nitrogens with one attached hydrogen (secondary N) is 2. The first-order chi connectivity index (χ1) is 14.7. The number of hydrogen-bond donors (Lipinski definition) is 2. The van der Waals surface area contributed by atoms with Crippen molar-refractivity contribution in [1.82, 2.24) is 25.4 Å². The Morgan fingerprint density at radius 3 is 2.73 bits per heavy atom. The zero-order valence-corrected chi connectivity index (χ0v) is 17.7. The third-order valence-electron chi connectivity index (χ3n) is 5.15. The molecule has 0 bridgehead atoms. The summed E-state index contributed by atoms with van der Waals surface area (Å²) in [5.74, 6) is 2.19. The van der Waals surface area contributed by atoms with Gasteiger partial charge in [-0.2, -0.15) is 0 Å². The molecule has 2 heterocycles. The van der Waals surface area contributed by atoms with Crippen LogP contribution >= 0.6 is 0 Å². The summed E-state index contributed by atoms with van der Waals surface area (Å²) in [6.45, 7) is 4.13. The summed E-state index contributed by atoms with van der Waals surface area (Å²) in [7, 11) is 0. The summed E-state index contributed by atoms with van der Waals surface area (Å²) < 4.78 is 7.77. The molecule has 0 atom stereocenters. The monoisotopic (exact) mass is 413 g/mol. The highest BCUT2D eigenvalue weighted by molar-refractivity contribution is 5.96. The molecule has 0 aliphatic carbocycles. The highest BCUT2D eigenvalue weighted by Crippen LogP contribution is 2.14. The van der Waals surface area contributed by atoms with E-state index in [4.69, 9.17) is 4.74 Å². The number of nitrogens with zero attached hydrogens (tertiary/aromatic N) is 3. The minimum absolute atomic E-state index is 0.0640. The molecule has 0 unspecified atom stereocenters. The van der Waals surface area contributed by atoms with Gasteiger partial charge in [0.25, 0.3) is 5.91 Å². The maximum Gasteiger partial charge on any atom is 0.251 e. The van der Waals surface area contributed by atoms with E-state index in [0.717, 1.165) is 56.0 Å². The Balaban J connectivity index is 1.37. The fraction of sp³-hybridized carbons (Fsp3) is 0.545. The fourth-order valence-electron chi connectivity index (χ4n) is 3.41. The third kappa shape index (κ3) is 6.30. The van der Waals surface area contributed by atoms with Crippen molar-refractivity contribution in [3.8, 4) is 5.75 Å². The number of carbonyl (C=O) groups is 2. The normalized spacial score (nSPS) is 13.2. The molecule has 1 aliphatic rings. The first-order valence-electron chi connectivity index (χ1n) is 10.9. The third-order valence-corrected chi connectivity index (χ3v) is 5.15. The molecule has 30 heavy (non-hydrogen) atoms. The van der Waals surface area contributed by atoms with Crippen LogP contribution in [0.3, 0.4) is 0 Å². The van der Waals surface area contributed by atoms with E-state index in [0.29, 0.717) is 25.1 Å². The van der Waals surface area contributed by atoms with E-state index in [1.807, 2.05) is 0 Å². The van der Waals surface area contributed by atoms with Gasteiger partial charge in [-0.05, 0) is 43.5 Å². The first-order valence-corrected chi connectivity index (χ1v) is 10.9. The number of rotatable bonds is 10. The second-order valence-corrected chi connectivity index (χ2v) is 7.50. The Bertz CT molecular complexity index is 832. The second kappa shape index (κ2) is 11.3. The smallest absolute Gasteiger partial charge is 0.251 e. The lowest BCUT2D eigenvalue weighted by Crippen LogP contribution is -2.37. The van der Waals surface area contributed by atoms with E-state index < -0.39 is 0 Å². The Labute approximate surface area is 177 Å². The van der Waals surface area contributed by atoms with Gasteiger partial charge in [-0.1, -0.05) is 19.8 Å². The summed E-state index contributed by atoms with van der Waals surface area (Å²) in [5.41, 5.74) is 0.497. The molecule has 0 spiro atoms. The van der Waals surface area contributed by atoms with Crippen LogP contribution in [0, 0.1) is 0 Å². The van der Waals surface area contributed by atoms with Crippen LogP contribution in [0.1, 0.15) is 61.0 Å². The average Bonchev–Trinajstić information content (AvgIpc) is 2.98. The number of aryl methyl sites for hydroxylation is 1. The number of unbranched alkanes of at least 4 members (excludes halogenated alkanes) is 1. The quantitative estimate of drug-likeness (QED) is 0.582. The number of amides is 2. The molecule has 1 aromatic carbocycles. The molecular weight excluding hydrogens is 382 g/mol. The fourth-order valence-corrected chi connectivity index (χ4v) is 3.41. The Morgan fingerprint density at radius 1 is 1.10 bits per heavy atom. The maximum absolute atomic E-state index is 12.2. The average molecular weight is 414 g/mol. The van der Waals surface area contributed by atoms with Crippen molar-refractivity contribution in [2.24, 2.45) is 0 Å². The molecule has 2 N–H and O–H groups in total. The van der Waals surface area contributed by atoms with Gasteiger partial charge >= 0.3 is 0 Å². The van der Waals surface area contributed by atoms with Gasteiger partial charge in [0.1, 0.15) is 17.4 Å². The van der Waals surface area contributed by atoms with E-state index >= 15 is 0 Å². The molecule has 2 aromatic rings. The molecular formula is C22H31N5O3. The van der Waals surface area contributed by atoms with Crippen LogP contribution in [-0.4, -0.2) is 46.3 Å². The van der Waals surface area contributed by atoms with E-state index in [9.17, 15) is 9.59 Å². The first kappa shape index (κ1) is 21.8. The van der Waals surface area contributed by atoms with Crippen LogP contribution in [0.2, 0.25) is 0 Å². The Hall–Kier alpha value is -2.90. The standard InChI is InChI=1S/C22H31N5O3/c1-2-3-15-30-18-10-8-17(9-11-18)22(29)24-16-21(28)23-13-12-20-26-25-19-7-5-4-6-14-27(19)20/h8-11H,2-7,12-16H2,1H3,(H,23,28)(H,24,29). The molecule has 0 fully saturated rings. The largest absolute Gasteiger partial charge is 0.494 e. The van der Waals surface area contributed by atoms with Crippen molar-refractivity contribution in [2.45, 2.75) is 58.4 Å². The second-order valence-electron chi connectivity index (χ2n) is 7.50. The van der Waals surface area contributed by atoms with Gasteiger partial charge in [0, 0.05) is 31.5 Å². The molecule has 162 valence electrons. The van der Waals surface area contributed by atoms with Gasteiger partial charge in [0.15, 0.2) is 0 Å². The number of carbonyl (C=O) groups excluding carboxylic acids is 2. The molecule has 2 amide bonds. The molecule has 0 saturated carbocycles. The van der Waals surface area contributed by atoms with Gasteiger partial charge in [-0.25, -0.2) is 0 Å². The van der Waals surface area contributed by atoms with Crippen LogP contribution in [0.5, 0.6) is 5.75 Å². The number of ether oxygens (including phenoxy) is 1. The summed E-state index contributed by atoms with van der Waals surface area (Å²) in [4.78, 5) is 24.3. The molecule has 8 nitrogen and oxygen atoms in total. The molecule has 1 aliphatic heterocycles. The summed E-state index contributed by atoms with van der Waals surface area (Å²) in [5, 5.41) is 14.0. The van der Waals surface area contributed by atoms with E-state index in [-0.39, 0.29) is 18.4 Å². The van der Waals surface area contributed by atoms with Crippen molar-refractivity contribution in [3.05, 3.63) is 41.5 Å². The number of fused-ring (bicyclic) bond motifs is 1. The van der Waals surface area contributed by atoms with Crippen molar-refractivity contribution in [1.29, 1.82) is 0 Å². The SMILES string of the molecule is CCCCOc1ccc(C(=O)NCC(=O)NCCc2nnc3n2CCCCC3)cc1. The highest BCUT2D eigenvalue weighted by atomic mass is 16.5. The van der Waals surface area contributed by atoms with Crippen LogP contribution in [0.25, 0.3) is 0 Å². The number of hydrogen-bond acceptors (Lipinski definition) is 5. The molecule has 3 rings (SSSR count). The van der Waals surface area contributed by atoms with E-state index in [2.05, 4.69) is 32.3 Å². The number of aromatic nitrogens is 3. The van der Waals surface area contributed by atoms with Crippen molar-refractivity contribution < 1.29 is 14.3 Å².